The van der Waals surface area contributed by atoms with E-state index in [2.05, 4.69) is 58.3 Å². The monoisotopic (exact) mass is 562 g/mol. The van der Waals surface area contributed by atoms with Gasteiger partial charge in [-0.25, -0.2) is 5.43 Å². The minimum atomic E-state index is -0.382. The van der Waals surface area contributed by atoms with Gasteiger partial charge in [0.25, 0.3) is 5.91 Å². The molecule has 0 radical (unpaired) electrons. The number of aryl methyl sites for hydroxylation is 1. The lowest BCUT2D eigenvalue weighted by atomic mass is 10.2. The molecule has 0 aromatic heterocycles. The zero-order valence-corrected chi connectivity index (χ0v) is 19.6. The molecule has 0 unspecified atom stereocenters. The molecule has 144 valence electrons. The van der Waals surface area contributed by atoms with Crippen LogP contribution in [0.2, 0.25) is 0 Å². The third kappa shape index (κ3) is 5.95. The number of nitrogens with zero attached hydrogens (tertiary/aromatic N) is 1. The minimum absolute atomic E-state index is 0.165. The van der Waals surface area contributed by atoms with Crippen LogP contribution in [-0.2, 0) is 4.79 Å². The number of carbonyl (C=O) groups is 1. The van der Waals surface area contributed by atoms with E-state index in [9.17, 15) is 4.79 Å². The van der Waals surface area contributed by atoms with Crippen molar-refractivity contribution >= 4 is 59.9 Å². The van der Waals surface area contributed by atoms with Crippen molar-refractivity contribution < 1.29 is 19.0 Å². The van der Waals surface area contributed by atoms with Crippen molar-refractivity contribution in [3.8, 4) is 17.2 Å². The van der Waals surface area contributed by atoms with E-state index in [1.807, 2.05) is 19.1 Å². The molecule has 27 heavy (non-hydrogen) atoms. The van der Waals surface area contributed by atoms with Crippen LogP contribution in [0.3, 0.4) is 0 Å². The second-order valence-corrected chi connectivity index (χ2v) is 7.97. The van der Waals surface area contributed by atoms with Gasteiger partial charge in [0.15, 0.2) is 6.61 Å². The summed E-state index contributed by atoms with van der Waals surface area (Å²) in [7, 11) is 3.11. The van der Waals surface area contributed by atoms with Crippen LogP contribution in [0.25, 0.3) is 0 Å². The number of halogens is 3. The highest BCUT2D eigenvalue weighted by Gasteiger charge is 2.10. The lowest BCUT2D eigenvalue weighted by Crippen LogP contribution is -2.24. The van der Waals surface area contributed by atoms with E-state index in [0.29, 0.717) is 22.8 Å². The molecule has 0 aliphatic rings. The van der Waals surface area contributed by atoms with E-state index in [1.165, 1.54) is 6.21 Å². The third-order valence-electron chi connectivity index (χ3n) is 3.44. The molecule has 0 atom stereocenters. The van der Waals surface area contributed by atoms with Gasteiger partial charge in [-0.05, 0) is 62.5 Å². The van der Waals surface area contributed by atoms with Crippen LogP contribution < -0.4 is 19.6 Å². The van der Waals surface area contributed by atoms with Crippen LogP contribution in [0.5, 0.6) is 17.2 Å². The Morgan fingerprint density at radius 2 is 1.78 bits per heavy atom. The molecule has 0 saturated heterocycles. The fourth-order valence-corrected chi connectivity index (χ4v) is 4.28. The van der Waals surface area contributed by atoms with Gasteiger partial charge < -0.3 is 14.2 Å². The van der Waals surface area contributed by atoms with Crippen molar-refractivity contribution in [1.29, 1.82) is 0 Å². The number of nitrogens with one attached hydrogen (secondary N) is 1. The normalized spacial score (nSPS) is 10.7. The number of methoxy groups -OCH3 is 2. The van der Waals surface area contributed by atoms with Crippen molar-refractivity contribution in [2.24, 2.45) is 5.10 Å². The van der Waals surface area contributed by atoms with Crippen molar-refractivity contribution in [3.63, 3.8) is 0 Å². The molecule has 0 aliphatic carbocycles. The molecule has 1 amide bonds. The second-order valence-electron chi connectivity index (χ2n) is 5.34. The van der Waals surface area contributed by atoms with Crippen LogP contribution >= 0.6 is 47.8 Å². The molecule has 0 heterocycles. The summed E-state index contributed by atoms with van der Waals surface area (Å²) in [5.74, 6) is 1.43. The van der Waals surface area contributed by atoms with Gasteiger partial charge in [-0.1, -0.05) is 15.9 Å². The maximum atomic E-state index is 12.0. The Morgan fingerprint density at radius 1 is 1.07 bits per heavy atom. The number of amides is 1. The molecule has 1 N–H and O–H groups in total. The van der Waals surface area contributed by atoms with E-state index >= 15 is 0 Å². The smallest absolute Gasteiger partial charge is 0.277 e. The summed E-state index contributed by atoms with van der Waals surface area (Å²) in [5.41, 5.74) is 4.01. The molecule has 0 spiro atoms. The third-order valence-corrected chi connectivity index (χ3v) is 5.11. The van der Waals surface area contributed by atoms with E-state index < -0.39 is 0 Å². The Kier molecular flexibility index (Phi) is 8.12. The van der Waals surface area contributed by atoms with Crippen molar-refractivity contribution in [1.82, 2.24) is 5.43 Å². The zero-order chi connectivity index (χ0) is 20.0. The lowest BCUT2D eigenvalue weighted by Gasteiger charge is -2.11. The van der Waals surface area contributed by atoms with E-state index in [0.717, 1.165) is 19.0 Å². The number of benzene rings is 2. The Labute approximate surface area is 182 Å². The van der Waals surface area contributed by atoms with Gasteiger partial charge in [0, 0.05) is 16.1 Å². The fourth-order valence-electron chi connectivity index (χ4n) is 2.20. The molecular weight excluding hydrogens is 548 g/mol. The minimum Gasteiger partial charge on any atom is -0.496 e. The molecule has 9 heteroatoms. The van der Waals surface area contributed by atoms with Gasteiger partial charge in [-0.2, -0.15) is 5.10 Å². The first-order valence-electron chi connectivity index (χ1n) is 7.67. The van der Waals surface area contributed by atoms with Crippen molar-refractivity contribution in [3.05, 3.63) is 48.8 Å². The predicted octanol–water partition coefficient (Wildman–Crippen LogP) is 4.83. The Balaban J connectivity index is 1.99. The first-order valence-corrected chi connectivity index (χ1v) is 10.1. The molecule has 0 fully saturated rings. The maximum Gasteiger partial charge on any atom is 0.277 e. The summed E-state index contributed by atoms with van der Waals surface area (Å²) in [5, 5.41) is 3.95. The summed E-state index contributed by atoms with van der Waals surface area (Å²) in [6.07, 6.45) is 1.49. The summed E-state index contributed by atoms with van der Waals surface area (Å²) >= 11 is 10.2. The highest BCUT2D eigenvalue weighted by Crippen LogP contribution is 2.33. The van der Waals surface area contributed by atoms with Gasteiger partial charge >= 0.3 is 0 Å². The van der Waals surface area contributed by atoms with E-state index in [1.54, 1.807) is 26.4 Å². The van der Waals surface area contributed by atoms with Gasteiger partial charge in [-0.3, -0.25) is 4.79 Å². The summed E-state index contributed by atoms with van der Waals surface area (Å²) < 4.78 is 18.5. The van der Waals surface area contributed by atoms with E-state index in [-0.39, 0.29) is 12.5 Å². The number of hydrazone groups is 1. The van der Waals surface area contributed by atoms with Crippen LogP contribution in [0.15, 0.2) is 42.8 Å². The number of hydrogen-bond donors (Lipinski definition) is 1. The fraction of sp³-hybridized carbons (Fsp3) is 0.222. The Bertz CT molecular complexity index is 849. The highest BCUT2D eigenvalue weighted by molar-refractivity contribution is 9.11. The molecule has 0 bridgehead atoms. The molecule has 6 nitrogen and oxygen atoms in total. The molecule has 2 aromatic carbocycles. The lowest BCUT2D eigenvalue weighted by molar-refractivity contribution is -0.123. The zero-order valence-electron chi connectivity index (χ0n) is 14.8. The first kappa shape index (κ1) is 21.7. The second kappa shape index (κ2) is 10.1. The topological polar surface area (TPSA) is 69.2 Å². The van der Waals surface area contributed by atoms with Crippen molar-refractivity contribution in [2.75, 3.05) is 20.8 Å². The largest absolute Gasteiger partial charge is 0.496 e. The maximum absolute atomic E-state index is 12.0. The molecule has 0 saturated carbocycles. The van der Waals surface area contributed by atoms with E-state index in [4.69, 9.17) is 14.2 Å². The molecular formula is C18H17Br3N2O4. The van der Waals surface area contributed by atoms with Crippen molar-refractivity contribution in [2.45, 2.75) is 6.92 Å². The Morgan fingerprint density at radius 3 is 2.41 bits per heavy atom. The number of ether oxygens (including phenoxy) is 3. The van der Waals surface area contributed by atoms with Crippen LogP contribution in [-0.4, -0.2) is 32.9 Å². The van der Waals surface area contributed by atoms with Crippen LogP contribution in [0.1, 0.15) is 11.1 Å². The first-order chi connectivity index (χ1) is 12.8. The van der Waals surface area contributed by atoms with Crippen LogP contribution in [0, 0.1) is 6.92 Å². The van der Waals surface area contributed by atoms with Gasteiger partial charge in [0.1, 0.15) is 17.2 Å². The summed E-state index contributed by atoms with van der Waals surface area (Å²) in [6.45, 7) is 1.73. The van der Waals surface area contributed by atoms with Gasteiger partial charge in [-0.15, -0.1) is 0 Å². The predicted molar refractivity (Wildman–Crippen MR) is 115 cm³/mol. The van der Waals surface area contributed by atoms with Gasteiger partial charge in [0.2, 0.25) is 0 Å². The van der Waals surface area contributed by atoms with Gasteiger partial charge in [0.05, 0.1) is 29.4 Å². The number of hydrogen-bond acceptors (Lipinski definition) is 5. The Hall–Kier alpha value is -1.58. The average Bonchev–Trinajstić information content (AvgIpc) is 2.61. The SMILES string of the molecule is COc1cc(OC)c(/C=N/NC(=O)COc2c(C)cc(Br)cc2Br)cc1Br. The molecule has 2 aromatic rings. The summed E-state index contributed by atoms with van der Waals surface area (Å²) in [4.78, 5) is 12.0. The highest BCUT2D eigenvalue weighted by atomic mass is 79.9. The number of rotatable bonds is 7. The van der Waals surface area contributed by atoms with Crippen LogP contribution in [0.4, 0.5) is 0 Å². The molecule has 2 rings (SSSR count). The molecule has 0 aliphatic heterocycles. The quantitative estimate of drug-likeness (QED) is 0.386. The standard InChI is InChI=1S/C18H17Br3N2O4/c1-10-4-12(19)6-14(21)18(10)27-9-17(24)23-22-8-11-5-13(20)16(26-3)7-15(11)25-2/h4-8H,9H2,1-3H3,(H,23,24)/b22-8+. The number of carbonyl (C=O) groups excluding carboxylic acids is 1. The summed E-state index contributed by atoms with van der Waals surface area (Å²) in [6, 6.07) is 7.27. The average molecular weight is 565 g/mol.